The molecule has 2 atom stereocenters. The molecule has 2 saturated heterocycles. The van der Waals surface area contributed by atoms with Gasteiger partial charge >= 0.3 is 5.69 Å². The molecule has 6 nitrogen and oxygen atoms in total. The van der Waals surface area contributed by atoms with Crippen LogP contribution in [0.5, 0.6) is 5.75 Å². The molecule has 0 amide bonds. The zero-order valence-electron chi connectivity index (χ0n) is 11.5. The third kappa shape index (κ3) is 2.43. The number of benzene rings is 1. The van der Waals surface area contributed by atoms with Crippen molar-refractivity contribution in [3.63, 3.8) is 0 Å². The number of nitro benzene ring substituents is 1. The molecule has 0 spiro atoms. The van der Waals surface area contributed by atoms with Crippen LogP contribution in [0.3, 0.4) is 0 Å². The molecule has 108 valence electrons. The highest BCUT2D eigenvalue weighted by Gasteiger charge is 2.34. The lowest BCUT2D eigenvalue weighted by Gasteiger charge is -2.30. The minimum absolute atomic E-state index is 0.0286. The zero-order valence-corrected chi connectivity index (χ0v) is 11.5. The summed E-state index contributed by atoms with van der Waals surface area (Å²) in [5.41, 5.74) is 0.585. The van der Waals surface area contributed by atoms with Crippen molar-refractivity contribution in [2.75, 3.05) is 12.4 Å². The van der Waals surface area contributed by atoms with Crippen molar-refractivity contribution in [1.82, 2.24) is 5.32 Å². The first-order valence-electron chi connectivity index (χ1n) is 7.01. The molecule has 0 radical (unpaired) electrons. The van der Waals surface area contributed by atoms with E-state index in [1.807, 2.05) is 0 Å². The molecule has 20 heavy (non-hydrogen) atoms. The average molecular weight is 277 g/mol. The van der Waals surface area contributed by atoms with E-state index in [9.17, 15) is 10.1 Å². The predicted molar refractivity (Wildman–Crippen MR) is 76.2 cm³/mol. The number of hydrogen-bond acceptors (Lipinski definition) is 5. The molecule has 1 aromatic rings. The van der Waals surface area contributed by atoms with Gasteiger partial charge in [0.05, 0.1) is 12.0 Å². The maximum Gasteiger partial charge on any atom is 0.333 e. The van der Waals surface area contributed by atoms with Crippen molar-refractivity contribution in [1.29, 1.82) is 0 Å². The van der Waals surface area contributed by atoms with Crippen LogP contribution in [0.4, 0.5) is 11.4 Å². The quantitative estimate of drug-likeness (QED) is 0.652. The molecular weight excluding hydrogens is 258 g/mol. The molecule has 2 aliphatic heterocycles. The van der Waals surface area contributed by atoms with Gasteiger partial charge in [0.2, 0.25) is 0 Å². The Hall–Kier alpha value is -1.82. The molecule has 2 N–H and O–H groups in total. The summed E-state index contributed by atoms with van der Waals surface area (Å²) >= 11 is 0. The second-order valence-corrected chi connectivity index (χ2v) is 5.56. The van der Waals surface area contributed by atoms with Crippen molar-refractivity contribution in [3.8, 4) is 5.75 Å². The minimum atomic E-state index is -0.378. The SMILES string of the molecule is COc1cccc(NC2CC3CCC(C2)N3)c1[N+](=O)[O-]. The topological polar surface area (TPSA) is 76.4 Å². The van der Waals surface area contributed by atoms with E-state index in [0.717, 1.165) is 12.8 Å². The van der Waals surface area contributed by atoms with Gasteiger partial charge in [0.25, 0.3) is 0 Å². The number of ether oxygens (including phenoxy) is 1. The molecule has 2 aliphatic rings. The smallest absolute Gasteiger partial charge is 0.333 e. The van der Waals surface area contributed by atoms with E-state index < -0.39 is 0 Å². The van der Waals surface area contributed by atoms with E-state index in [4.69, 9.17) is 4.74 Å². The second kappa shape index (κ2) is 5.28. The number of nitrogens with zero attached hydrogens (tertiary/aromatic N) is 1. The predicted octanol–water partition coefficient (Wildman–Crippen LogP) is 2.30. The fourth-order valence-corrected chi connectivity index (χ4v) is 3.39. The van der Waals surface area contributed by atoms with Gasteiger partial charge in [0, 0.05) is 18.1 Å². The fourth-order valence-electron chi connectivity index (χ4n) is 3.39. The van der Waals surface area contributed by atoms with Gasteiger partial charge in [-0.05, 0) is 37.8 Å². The van der Waals surface area contributed by atoms with Crippen LogP contribution < -0.4 is 15.4 Å². The first-order valence-corrected chi connectivity index (χ1v) is 7.01. The van der Waals surface area contributed by atoms with Crippen LogP contribution in [0, 0.1) is 10.1 Å². The first kappa shape index (κ1) is 13.2. The summed E-state index contributed by atoms with van der Waals surface area (Å²) in [6, 6.07) is 6.55. The number of nitro groups is 1. The number of piperidine rings is 1. The number of rotatable bonds is 4. The Morgan fingerprint density at radius 1 is 1.35 bits per heavy atom. The molecule has 3 rings (SSSR count). The fraction of sp³-hybridized carbons (Fsp3) is 0.571. The Morgan fingerprint density at radius 3 is 2.65 bits per heavy atom. The zero-order chi connectivity index (χ0) is 14.1. The van der Waals surface area contributed by atoms with Gasteiger partial charge in [-0.25, -0.2) is 0 Å². The number of nitrogens with one attached hydrogen (secondary N) is 2. The summed E-state index contributed by atoms with van der Waals surface area (Å²) in [5, 5.41) is 18.2. The number of anilines is 1. The van der Waals surface area contributed by atoms with Crippen molar-refractivity contribution in [3.05, 3.63) is 28.3 Å². The van der Waals surface area contributed by atoms with E-state index in [0.29, 0.717) is 29.6 Å². The average Bonchev–Trinajstić information content (AvgIpc) is 2.77. The Kier molecular flexibility index (Phi) is 3.48. The molecule has 2 unspecified atom stereocenters. The third-order valence-electron chi connectivity index (χ3n) is 4.23. The molecule has 1 aromatic carbocycles. The highest BCUT2D eigenvalue weighted by atomic mass is 16.6. The van der Waals surface area contributed by atoms with Crippen LogP contribution in [0.2, 0.25) is 0 Å². The molecule has 2 bridgehead atoms. The standard InChI is InChI=1S/C14H19N3O3/c1-20-13-4-2-3-12(14(13)17(18)19)16-11-7-9-5-6-10(8-11)15-9/h2-4,9-11,15-16H,5-8H2,1H3. The summed E-state index contributed by atoms with van der Waals surface area (Å²) in [7, 11) is 1.46. The van der Waals surface area contributed by atoms with Crippen molar-refractivity contribution >= 4 is 11.4 Å². The highest BCUT2D eigenvalue weighted by Crippen LogP contribution is 2.36. The van der Waals surface area contributed by atoms with E-state index in [2.05, 4.69) is 10.6 Å². The number of hydrogen-bond donors (Lipinski definition) is 2. The van der Waals surface area contributed by atoms with Crippen LogP contribution in [0.1, 0.15) is 25.7 Å². The van der Waals surface area contributed by atoms with E-state index in [1.165, 1.54) is 20.0 Å². The Labute approximate surface area is 117 Å². The molecular formula is C14H19N3O3. The van der Waals surface area contributed by atoms with Gasteiger partial charge in [0.15, 0.2) is 5.75 Å². The molecule has 2 fully saturated rings. The maximum absolute atomic E-state index is 11.3. The van der Waals surface area contributed by atoms with Gasteiger partial charge < -0.3 is 15.4 Å². The van der Waals surface area contributed by atoms with Crippen molar-refractivity contribution < 1.29 is 9.66 Å². The summed E-state index contributed by atoms with van der Waals surface area (Å²) in [5.74, 6) is 0.303. The van der Waals surface area contributed by atoms with Gasteiger partial charge in [0.1, 0.15) is 5.69 Å². The van der Waals surface area contributed by atoms with Gasteiger partial charge in [-0.2, -0.15) is 0 Å². The number of fused-ring (bicyclic) bond motifs is 2. The summed E-state index contributed by atoms with van der Waals surface area (Å²) in [6.45, 7) is 0. The minimum Gasteiger partial charge on any atom is -0.490 e. The number of para-hydroxylation sites is 1. The number of methoxy groups -OCH3 is 1. The lowest BCUT2D eigenvalue weighted by molar-refractivity contribution is -0.384. The lowest BCUT2D eigenvalue weighted by Crippen LogP contribution is -2.43. The molecule has 0 aromatic heterocycles. The van der Waals surface area contributed by atoms with Gasteiger partial charge in [-0.15, -0.1) is 0 Å². The Morgan fingerprint density at radius 2 is 2.05 bits per heavy atom. The van der Waals surface area contributed by atoms with E-state index in [-0.39, 0.29) is 10.6 Å². The molecule has 0 aliphatic carbocycles. The van der Waals surface area contributed by atoms with E-state index >= 15 is 0 Å². The van der Waals surface area contributed by atoms with Crippen LogP contribution in [0.25, 0.3) is 0 Å². The maximum atomic E-state index is 11.3. The van der Waals surface area contributed by atoms with Crippen LogP contribution >= 0.6 is 0 Å². The molecule has 6 heteroatoms. The summed E-state index contributed by atoms with van der Waals surface area (Å²) in [6.07, 6.45) is 4.46. The summed E-state index contributed by atoms with van der Waals surface area (Å²) in [4.78, 5) is 10.9. The van der Waals surface area contributed by atoms with Crippen molar-refractivity contribution in [2.45, 2.75) is 43.8 Å². The Balaban J connectivity index is 1.82. The van der Waals surface area contributed by atoms with Gasteiger partial charge in [-0.3, -0.25) is 10.1 Å². The van der Waals surface area contributed by atoms with Crippen molar-refractivity contribution in [2.24, 2.45) is 0 Å². The third-order valence-corrected chi connectivity index (χ3v) is 4.23. The van der Waals surface area contributed by atoms with Crippen LogP contribution in [-0.2, 0) is 0 Å². The highest BCUT2D eigenvalue weighted by molar-refractivity contribution is 5.68. The first-order chi connectivity index (χ1) is 9.67. The summed E-state index contributed by atoms with van der Waals surface area (Å²) < 4.78 is 5.10. The molecule has 2 heterocycles. The van der Waals surface area contributed by atoms with E-state index in [1.54, 1.807) is 18.2 Å². The largest absolute Gasteiger partial charge is 0.490 e. The lowest BCUT2D eigenvalue weighted by atomic mass is 9.99. The van der Waals surface area contributed by atoms with Gasteiger partial charge in [-0.1, -0.05) is 6.07 Å². The molecule has 0 saturated carbocycles. The Bertz CT molecular complexity index is 508. The van der Waals surface area contributed by atoms with Crippen LogP contribution in [-0.4, -0.2) is 30.2 Å². The second-order valence-electron chi connectivity index (χ2n) is 5.56. The monoisotopic (exact) mass is 277 g/mol. The normalized spacial score (nSPS) is 28.1. The van der Waals surface area contributed by atoms with Crippen LogP contribution in [0.15, 0.2) is 18.2 Å².